The van der Waals surface area contributed by atoms with E-state index in [-0.39, 0.29) is 11.3 Å². The minimum Gasteiger partial charge on any atom is -0.497 e. The van der Waals surface area contributed by atoms with Crippen LogP contribution in [0.3, 0.4) is 0 Å². The van der Waals surface area contributed by atoms with Crippen molar-refractivity contribution < 1.29 is 9.66 Å². The zero-order chi connectivity index (χ0) is 14.5. The molecule has 0 saturated heterocycles. The van der Waals surface area contributed by atoms with Crippen LogP contribution >= 0.6 is 0 Å². The molecule has 0 aliphatic carbocycles. The topological polar surface area (TPSA) is 88.2 Å². The third kappa shape index (κ3) is 2.84. The summed E-state index contributed by atoms with van der Waals surface area (Å²) in [7, 11) is 1.57. The Bertz CT molecular complexity index is 692. The van der Waals surface area contributed by atoms with Crippen LogP contribution < -0.4 is 10.1 Å². The van der Waals surface area contributed by atoms with Crippen LogP contribution in [0.25, 0.3) is 0 Å². The van der Waals surface area contributed by atoms with Crippen LogP contribution in [0.2, 0.25) is 0 Å². The van der Waals surface area contributed by atoms with Gasteiger partial charge in [0.15, 0.2) is 0 Å². The number of anilines is 2. The Morgan fingerprint density at radius 1 is 1.25 bits per heavy atom. The zero-order valence-corrected chi connectivity index (χ0v) is 10.7. The van der Waals surface area contributed by atoms with Crippen molar-refractivity contribution >= 4 is 17.1 Å². The van der Waals surface area contributed by atoms with Gasteiger partial charge in [-0.3, -0.25) is 10.1 Å². The van der Waals surface area contributed by atoms with Crippen molar-refractivity contribution in [3.05, 3.63) is 58.1 Å². The lowest BCUT2D eigenvalue weighted by molar-refractivity contribution is -0.385. The van der Waals surface area contributed by atoms with Gasteiger partial charge >= 0.3 is 0 Å². The number of hydrogen-bond acceptors (Lipinski definition) is 5. The Morgan fingerprint density at radius 3 is 2.65 bits per heavy atom. The number of nitrogens with zero attached hydrogens (tertiary/aromatic N) is 2. The molecule has 0 heterocycles. The van der Waals surface area contributed by atoms with Crippen molar-refractivity contribution in [3.8, 4) is 11.8 Å². The largest absolute Gasteiger partial charge is 0.497 e. The van der Waals surface area contributed by atoms with E-state index in [4.69, 9.17) is 10.00 Å². The first kappa shape index (κ1) is 13.4. The minimum atomic E-state index is -0.576. The highest BCUT2D eigenvalue weighted by Crippen LogP contribution is 2.25. The lowest BCUT2D eigenvalue weighted by atomic mass is 10.1. The number of nitriles is 1. The molecule has 100 valence electrons. The highest BCUT2D eigenvalue weighted by Gasteiger charge is 2.13. The predicted molar refractivity (Wildman–Crippen MR) is 74.1 cm³/mol. The molecule has 20 heavy (non-hydrogen) atoms. The number of ether oxygens (including phenoxy) is 1. The van der Waals surface area contributed by atoms with Gasteiger partial charge < -0.3 is 10.1 Å². The first-order valence-corrected chi connectivity index (χ1v) is 5.73. The van der Waals surface area contributed by atoms with Gasteiger partial charge in [0.05, 0.1) is 12.0 Å². The predicted octanol–water partition coefficient (Wildman–Crippen LogP) is 3.22. The molecule has 0 aliphatic heterocycles. The third-order valence-electron chi connectivity index (χ3n) is 2.67. The minimum absolute atomic E-state index is 0.0166. The van der Waals surface area contributed by atoms with Crippen LogP contribution in [0.4, 0.5) is 17.1 Å². The van der Waals surface area contributed by atoms with Crippen LogP contribution in [-0.4, -0.2) is 12.0 Å². The maximum absolute atomic E-state index is 10.8. The summed E-state index contributed by atoms with van der Waals surface area (Å²) >= 11 is 0. The van der Waals surface area contributed by atoms with Crippen molar-refractivity contribution in [2.45, 2.75) is 0 Å². The van der Waals surface area contributed by atoms with Crippen molar-refractivity contribution in [2.24, 2.45) is 0 Å². The van der Waals surface area contributed by atoms with E-state index < -0.39 is 4.92 Å². The molecule has 0 spiro atoms. The van der Waals surface area contributed by atoms with Gasteiger partial charge in [-0.2, -0.15) is 5.26 Å². The van der Waals surface area contributed by atoms with E-state index in [9.17, 15) is 10.1 Å². The quantitative estimate of drug-likeness (QED) is 0.680. The normalized spacial score (nSPS) is 9.60. The summed E-state index contributed by atoms with van der Waals surface area (Å²) in [5, 5.41) is 22.8. The Morgan fingerprint density at radius 2 is 2.00 bits per heavy atom. The number of nitro groups is 1. The number of hydrogen-bond donors (Lipinski definition) is 1. The molecule has 0 bridgehead atoms. The smallest absolute Gasteiger partial charge is 0.287 e. The Hall–Kier alpha value is -3.07. The molecule has 1 N–H and O–H groups in total. The number of benzene rings is 2. The van der Waals surface area contributed by atoms with Gasteiger partial charge in [-0.15, -0.1) is 0 Å². The van der Waals surface area contributed by atoms with Crippen molar-refractivity contribution in [3.63, 3.8) is 0 Å². The second kappa shape index (κ2) is 5.71. The molecule has 0 unspecified atom stereocenters. The summed E-state index contributed by atoms with van der Waals surface area (Å²) in [6.45, 7) is 0. The van der Waals surface area contributed by atoms with E-state index in [0.717, 1.165) is 5.69 Å². The molecular formula is C14H11N3O3. The SMILES string of the molecule is COc1cccc(Nc2ccc([N+](=O)[O-])c(C#N)c2)c1. The fourth-order valence-corrected chi connectivity index (χ4v) is 1.73. The van der Waals surface area contributed by atoms with Gasteiger partial charge in [-0.1, -0.05) is 6.07 Å². The van der Waals surface area contributed by atoms with Gasteiger partial charge in [0.25, 0.3) is 5.69 Å². The van der Waals surface area contributed by atoms with Crippen LogP contribution in [0, 0.1) is 21.4 Å². The van der Waals surface area contributed by atoms with Gasteiger partial charge in [0.1, 0.15) is 17.4 Å². The molecule has 0 aromatic heterocycles. The van der Waals surface area contributed by atoms with Crippen molar-refractivity contribution in [2.75, 3.05) is 12.4 Å². The first-order chi connectivity index (χ1) is 9.63. The van der Waals surface area contributed by atoms with Gasteiger partial charge in [0.2, 0.25) is 0 Å². The average molecular weight is 269 g/mol. The van der Waals surface area contributed by atoms with Gasteiger partial charge in [-0.25, -0.2) is 0 Å². The second-order valence-electron chi connectivity index (χ2n) is 3.96. The van der Waals surface area contributed by atoms with Crippen LogP contribution in [0.15, 0.2) is 42.5 Å². The fourth-order valence-electron chi connectivity index (χ4n) is 1.73. The molecule has 6 heteroatoms. The standard InChI is InChI=1S/C14H11N3O3/c1-20-13-4-2-3-11(8-13)16-12-5-6-14(17(18)19)10(7-12)9-15/h2-8,16H,1H3. The van der Waals surface area contributed by atoms with Gasteiger partial charge in [-0.05, 0) is 24.3 Å². The molecule has 2 aromatic carbocycles. The highest BCUT2D eigenvalue weighted by molar-refractivity contribution is 5.66. The summed E-state index contributed by atoms with van der Waals surface area (Å²) in [6, 6.07) is 13.4. The molecule has 2 rings (SSSR count). The summed E-state index contributed by atoms with van der Waals surface area (Å²) < 4.78 is 5.11. The fraction of sp³-hybridized carbons (Fsp3) is 0.0714. The summed E-state index contributed by atoms with van der Waals surface area (Å²) in [5.41, 5.74) is 1.18. The van der Waals surface area contributed by atoms with E-state index in [1.807, 2.05) is 24.3 Å². The molecule has 0 amide bonds. The van der Waals surface area contributed by atoms with Crippen LogP contribution in [-0.2, 0) is 0 Å². The van der Waals surface area contributed by atoms with Crippen molar-refractivity contribution in [1.82, 2.24) is 0 Å². The maximum Gasteiger partial charge on any atom is 0.287 e. The lowest BCUT2D eigenvalue weighted by Gasteiger charge is -2.08. The van der Waals surface area contributed by atoms with E-state index in [1.54, 1.807) is 19.2 Å². The lowest BCUT2D eigenvalue weighted by Crippen LogP contribution is -1.95. The monoisotopic (exact) mass is 269 g/mol. The molecule has 0 saturated carbocycles. The summed E-state index contributed by atoms with van der Waals surface area (Å²) in [6.07, 6.45) is 0. The Balaban J connectivity index is 2.30. The summed E-state index contributed by atoms with van der Waals surface area (Å²) in [4.78, 5) is 10.2. The van der Waals surface area contributed by atoms with E-state index in [2.05, 4.69) is 5.32 Å². The number of nitro benzene ring substituents is 1. The number of nitrogens with one attached hydrogen (secondary N) is 1. The van der Waals surface area contributed by atoms with Crippen LogP contribution in [0.5, 0.6) is 5.75 Å². The molecule has 6 nitrogen and oxygen atoms in total. The third-order valence-corrected chi connectivity index (χ3v) is 2.67. The molecule has 0 fully saturated rings. The molecule has 2 aromatic rings. The van der Waals surface area contributed by atoms with Crippen LogP contribution in [0.1, 0.15) is 5.56 Å². The molecule has 0 atom stereocenters. The molecule has 0 aliphatic rings. The molecule has 0 radical (unpaired) electrons. The average Bonchev–Trinajstić information content (AvgIpc) is 2.47. The van der Waals surface area contributed by atoms with Crippen molar-refractivity contribution in [1.29, 1.82) is 5.26 Å². The van der Waals surface area contributed by atoms with Gasteiger partial charge in [0, 0.05) is 23.5 Å². The number of rotatable bonds is 4. The molecular weight excluding hydrogens is 258 g/mol. The second-order valence-corrected chi connectivity index (χ2v) is 3.96. The maximum atomic E-state index is 10.8. The summed E-state index contributed by atoms with van der Waals surface area (Å²) in [5.74, 6) is 0.692. The first-order valence-electron chi connectivity index (χ1n) is 5.73. The Kier molecular flexibility index (Phi) is 3.82. The van der Waals surface area contributed by atoms with E-state index in [0.29, 0.717) is 11.4 Å². The number of methoxy groups -OCH3 is 1. The Labute approximate surface area is 115 Å². The van der Waals surface area contributed by atoms with E-state index in [1.165, 1.54) is 12.1 Å². The van der Waals surface area contributed by atoms with E-state index >= 15 is 0 Å². The highest BCUT2D eigenvalue weighted by atomic mass is 16.6. The zero-order valence-electron chi connectivity index (χ0n) is 10.7.